The van der Waals surface area contributed by atoms with Gasteiger partial charge in [-0.15, -0.1) is 0 Å². The van der Waals surface area contributed by atoms with Crippen molar-refractivity contribution in [1.29, 1.82) is 0 Å². The molecule has 0 spiro atoms. The third kappa shape index (κ3) is 3.63. The number of carbonyl (C=O) groups is 3. The van der Waals surface area contributed by atoms with Gasteiger partial charge in [0.05, 0.1) is 6.42 Å². The van der Waals surface area contributed by atoms with Gasteiger partial charge in [-0.05, 0) is 23.8 Å². The molecule has 0 radical (unpaired) electrons. The van der Waals surface area contributed by atoms with Crippen molar-refractivity contribution in [2.45, 2.75) is 25.0 Å². The van der Waals surface area contributed by atoms with Gasteiger partial charge in [0.25, 0.3) is 5.91 Å². The first kappa shape index (κ1) is 15.1. The average Bonchev–Trinajstić information content (AvgIpc) is 2.80. The highest BCUT2D eigenvalue weighted by atomic mass is 35.5. The molecule has 0 aromatic heterocycles. The number of carboxylic acids is 1. The van der Waals surface area contributed by atoms with Crippen LogP contribution in [0.2, 0.25) is 5.02 Å². The molecular weight excluding hydrogens is 300 g/mol. The lowest BCUT2D eigenvalue weighted by atomic mass is 10.1. The number of nitrogens with two attached hydrogens (primary N) is 1. The quantitative estimate of drug-likeness (QED) is 0.712. The van der Waals surface area contributed by atoms with Crippen LogP contribution in [0.4, 0.5) is 0 Å². The van der Waals surface area contributed by atoms with Crippen LogP contribution in [0.25, 0.3) is 0 Å². The number of ether oxygens (including phenoxy) is 1. The Morgan fingerprint density at radius 1 is 1.48 bits per heavy atom. The molecule has 0 saturated carbocycles. The van der Waals surface area contributed by atoms with Crippen molar-refractivity contribution in [1.82, 2.24) is 5.32 Å². The second-order valence-corrected chi connectivity index (χ2v) is 5.07. The van der Waals surface area contributed by atoms with Crippen molar-refractivity contribution in [2.24, 2.45) is 5.73 Å². The van der Waals surface area contributed by atoms with Gasteiger partial charge in [-0.25, -0.2) is 4.79 Å². The Kier molecular flexibility index (Phi) is 4.32. The SMILES string of the molecule is NC(=O)C[C@@H](NC(=O)C1Cc2cc(Cl)ccc2O1)C(=O)O. The van der Waals surface area contributed by atoms with E-state index in [2.05, 4.69) is 5.32 Å². The summed E-state index contributed by atoms with van der Waals surface area (Å²) in [6.45, 7) is 0. The first-order valence-corrected chi connectivity index (χ1v) is 6.51. The number of carboxylic acid groups (broad SMARTS) is 1. The van der Waals surface area contributed by atoms with Crippen LogP contribution in [0, 0.1) is 0 Å². The molecule has 7 nitrogen and oxygen atoms in total. The maximum absolute atomic E-state index is 12.0. The molecule has 1 aliphatic heterocycles. The lowest BCUT2D eigenvalue weighted by molar-refractivity contribution is -0.144. The molecular formula is C13H13ClN2O5. The maximum atomic E-state index is 12.0. The first-order valence-electron chi connectivity index (χ1n) is 6.13. The monoisotopic (exact) mass is 312 g/mol. The second kappa shape index (κ2) is 6.01. The van der Waals surface area contributed by atoms with Gasteiger partial charge in [0.1, 0.15) is 11.8 Å². The number of primary amides is 1. The number of rotatable bonds is 5. The zero-order valence-corrected chi connectivity index (χ0v) is 11.6. The third-order valence-electron chi connectivity index (χ3n) is 3.01. The summed E-state index contributed by atoms with van der Waals surface area (Å²) in [6, 6.07) is 3.59. The number of aliphatic carboxylic acids is 1. The fourth-order valence-corrected chi connectivity index (χ4v) is 2.22. The van der Waals surface area contributed by atoms with Crippen molar-refractivity contribution < 1.29 is 24.2 Å². The minimum atomic E-state index is -1.37. The molecule has 2 atom stereocenters. The molecule has 2 amide bonds. The number of fused-ring (bicyclic) bond motifs is 1. The van der Waals surface area contributed by atoms with Crippen molar-refractivity contribution in [3.63, 3.8) is 0 Å². The molecule has 0 aliphatic carbocycles. The number of amides is 2. The van der Waals surface area contributed by atoms with E-state index in [1.165, 1.54) is 0 Å². The Bertz CT molecular complexity index is 604. The van der Waals surface area contributed by atoms with Gasteiger partial charge in [0.15, 0.2) is 6.10 Å². The molecule has 21 heavy (non-hydrogen) atoms. The lowest BCUT2D eigenvalue weighted by Gasteiger charge is -2.16. The Morgan fingerprint density at radius 2 is 2.19 bits per heavy atom. The minimum absolute atomic E-state index is 0.282. The second-order valence-electron chi connectivity index (χ2n) is 4.63. The summed E-state index contributed by atoms with van der Waals surface area (Å²) < 4.78 is 5.43. The number of halogens is 1. The fourth-order valence-electron chi connectivity index (χ4n) is 2.03. The number of hydrogen-bond acceptors (Lipinski definition) is 4. The summed E-state index contributed by atoms with van der Waals surface area (Å²) in [5.41, 5.74) is 5.71. The summed E-state index contributed by atoms with van der Waals surface area (Å²) in [5.74, 6) is -2.23. The Morgan fingerprint density at radius 3 is 2.81 bits per heavy atom. The molecule has 8 heteroatoms. The Labute approximate surface area is 125 Å². The standard InChI is InChI=1S/C13H13ClN2O5/c14-7-1-2-9-6(3-7)4-10(21-9)12(18)16-8(13(19)20)5-11(15)17/h1-3,8,10H,4-5H2,(H2,15,17)(H,16,18)(H,19,20)/t8-,10?/m1/s1. The Balaban J connectivity index is 2.02. The molecule has 0 fully saturated rings. The van der Waals surface area contributed by atoms with Gasteiger partial charge < -0.3 is 20.9 Å². The molecule has 2 rings (SSSR count). The van der Waals surface area contributed by atoms with Gasteiger partial charge in [0, 0.05) is 11.4 Å². The van der Waals surface area contributed by atoms with Crippen LogP contribution in [0.3, 0.4) is 0 Å². The smallest absolute Gasteiger partial charge is 0.326 e. The van der Waals surface area contributed by atoms with Crippen LogP contribution in [0.15, 0.2) is 18.2 Å². The van der Waals surface area contributed by atoms with Crippen LogP contribution >= 0.6 is 11.6 Å². The molecule has 1 aromatic rings. The van der Waals surface area contributed by atoms with Crippen LogP contribution in [0.1, 0.15) is 12.0 Å². The number of benzene rings is 1. The minimum Gasteiger partial charge on any atom is -0.480 e. The topological polar surface area (TPSA) is 119 Å². The highest BCUT2D eigenvalue weighted by molar-refractivity contribution is 6.30. The van der Waals surface area contributed by atoms with Crippen LogP contribution in [-0.4, -0.2) is 35.0 Å². The Hall–Kier alpha value is -2.28. The van der Waals surface area contributed by atoms with E-state index in [1.807, 2.05) is 0 Å². The predicted octanol–water partition coefficient (Wildman–Crippen LogP) is 0.0883. The van der Waals surface area contributed by atoms with E-state index < -0.39 is 36.4 Å². The summed E-state index contributed by atoms with van der Waals surface area (Å²) in [5, 5.41) is 11.7. The molecule has 0 saturated heterocycles. The van der Waals surface area contributed by atoms with E-state index in [0.717, 1.165) is 5.56 Å². The van der Waals surface area contributed by atoms with Crippen LogP contribution in [-0.2, 0) is 20.8 Å². The fraction of sp³-hybridized carbons (Fsp3) is 0.308. The van der Waals surface area contributed by atoms with E-state index in [0.29, 0.717) is 10.8 Å². The molecule has 112 valence electrons. The van der Waals surface area contributed by atoms with Gasteiger partial charge in [-0.3, -0.25) is 9.59 Å². The van der Waals surface area contributed by atoms with Gasteiger partial charge in [0.2, 0.25) is 5.91 Å². The van der Waals surface area contributed by atoms with Crippen LogP contribution in [0.5, 0.6) is 5.75 Å². The van der Waals surface area contributed by atoms with Gasteiger partial charge in [-0.1, -0.05) is 11.6 Å². The largest absolute Gasteiger partial charge is 0.480 e. The van der Waals surface area contributed by atoms with E-state index in [4.69, 9.17) is 27.2 Å². The summed E-state index contributed by atoms with van der Waals surface area (Å²) >= 11 is 5.85. The number of nitrogens with one attached hydrogen (secondary N) is 1. The zero-order chi connectivity index (χ0) is 15.6. The van der Waals surface area contributed by atoms with Crippen LogP contribution < -0.4 is 15.8 Å². The zero-order valence-electron chi connectivity index (χ0n) is 10.8. The normalized spacial score (nSPS) is 17.5. The molecule has 1 unspecified atom stereocenters. The lowest BCUT2D eigenvalue weighted by Crippen LogP contribution is -2.48. The van der Waals surface area contributed by atoms with E-state index >= 15 is 0 Å². The van der Waals surface area contributed by atoms with Crippen molar-refractivity contribution >= 4 is 29.4 Å². The van der Waals surface area contributed by atoms with Gasteiger partial charge >= 0.3 is 5.97 Å². The van der Waals surface area contributed by atoms with E-state index in [1.54, 1.807) is 18.2 Å². The van der Waals surface area contributed by atoms with Gasteiger partial charge in [-0.2, -0.15) is 0 Å². The number of hydrogen-bond donors (Lipinski definition) is 3. The average molecular weight is 313 g/mol. The van der Waals surface area contributed by atoms with Crippen molar-refractivity contribution in [3.05, 3.63) is 28.8 Å². The van der Waals surface area contributed by atoms with Crippen molar-refractivity contribution in [3.8, 4) is 5.75 Å². The molecule has 1 aromatic carbocycles. The first-order chi connectivity index (χ1) is 9.86. The molecule has 1 heterocycles. The predicted molar refractivity (Wildman–Crippen MR) is 72.9 cm³/mol. The molecule has 0 bridgehead atoms. The molecule has 1 aliphatic rings. The summed E-state index contributed by atoms with van der Waals surface area (Å²) in [7, 11) is 0. The van der Waals surface area contributed by atoms with E-state index in [9.17, 15) is 14.4 Å². The third-order valence-corrected chi connectivity index (χ3v) is 3.24. The van der Waals surface area contributed by atoms with Crippen molar-refractivity contribution in [2.75, 3.05) is 0 Å². The highest BCUT2D eigenvalue weighted by Gasteiger charge is 2.32. The maximum Gasteiger partial charge on any atom is 0.326 e. The van der Waals surface area contributed by atoms with E-state index in [-0.39, 0.29) is 6.42 Å². The highest BCUT2D eigenvalue weighted by Crippen LogP contribution is 2.31. The summed E-state index contributed by atoms with van der Waals surface area (Å²) in [4.78, 5) is 33.8. The summed E-state index contributed by atoms with van der Waals surface area (Å²) in [6.07, 6.45) is -1.05. The molecule has 4 N–H and O–H groups in total. The number of carbonyl (C=O) groups excluding carboxylic acids is 2.